The van der Waals surface area contributed by atoms with Crippen molar-refractivity contribution in [3.8, 4) is 0 Å². The Hall–Kier alpha value is -2.47. The summed E-state index contributed by atoms with van der Waals surface area (Å²) in [7, 11) is 4.04. The van der Waals surface area contributed by atoms with E-state index < -0.39 is 0 Å². The molecule has 22 heavy (non-hydrogen) atoms. The number of aromatic nitrogens is 2. The third-order valence-electron chi connectivity index (χ3n) is 3.06. The van der Waals surface area contributed by atoms with Gasteiger partial charge in [0.15, 0.2) is 0 Å². The predicted octanol–water partition coefficient (Wildman–Crippen LogP) is 1.38. The summed E-state index contributed by atoms with van der Waals surface area (Å²) in [6.45, 7) is 2.17. The number of carbonyl (C=O) groups excluding carboxylic acids is 1. The highest BCUT2D eigenvalue weighted by Gasteiger charge is 2.07. The molecule has 0 unspecified atom stereocenters. The van der Waals surface area contributed by atoms with Gasteiger partial charge >= 0.3 is 0 Å². The second-order valence-corrected chi connectivity index (χ2v) is 5.20. The summed E-state index contributed by atoms with van der Waals surface area (Å²) in [6, 6.07) is 7.37. The minimum Gasteiger partial charge on any atom is -0.384 e. The Kier molecular flexibility index (Phi) is 5.85. The summed E-state index contributed by atoms with van der Waals surface area (Å²) >= 11 is 0. The first-order valence-electron chi connectivity index (χ1n) is 7.17. The van der Waals surface area contributed by atoms with E-state index in [-0.39, 0.29) is 5.91 Å². The minimum absolute atomic E-state index is 0.194. The second-order valence-electron chi connectivity index (χ2n) is 5.20. The van der Waals surface area contributed by atoms with E-state index in [0.717, 1.165) is 24.3 Å². The first-order valence-corrected chi connectivity index (χ1v) is 7.17. The van der Waals surface area contributed by atoms with Crippen molar-refractivity contribution in [3.05, 3.63) is 54.1 Å². The average molecular weight is 299 g/mol. The van der Waals surface area contributed by atoms with Crippen molar-refractivity contribution in [1.82, 2.24) is 20.2 Å². The van der Waals surface area contributed by atoms with Crippen LogP contribution in [0.4, 0.5) is 5.69 Å². The Morgan fingerprint density at radius 3 is 2.86 bits per heavy atom. The van der Waals surface area contributed by atoms with Gasteiger partial charge in [-0.3, -0.25) is 14.8 Å². The maximum absolute atomic E-state index is 12.1. The summed E-state index contributed by atoms with van der Waals surface area (Å²) in [4.78, 5) is 22.3. The van der Waals surface area contributed by atoms with Crippen molar-refractivity contribution in [2.45, 2.75) is 6.54 Å². The van der Waals surface area contributed by atoms with E-state index in [1.807, 2.05) is 32.3 Å². The van der Waals surface area contributed by atoms with Gasteiger partial charge in [0.25, 0.3) is 5.91 Å². The molecule has 0 bridgehead atoms. The summed E-state index contributed by atoms with van der Waals surface area (Å²) in [5.41, 5.74) is 2.25. The first-order chi connectivity index (χ1) is 10.6. The largest absolute Gasteiger partial charge is 0.384 e. The number of anilines is 1. The minimum atomic E-state index is -0.194. The van der Waals surface area contributed by atoms with Crippen LogP contribution < -0.4 is 10.6 Å². The fourth-order valence-electron chi connectivity index (χ4n) is 1.86. The molecule has 6 heteroatoms. The van der Waals surface area contributed by atoms with Gasteiger partial charge in [0.05, 0.1) is 0 Å². The van der Waals surface area contributed by atoms with Crippen molar-refractivity contribution in [2.24, 2.45) is 0 Å². The van der Waals surface area contributed by atoms with Crippen molar-refractivity contribution >= 4 is 11.6 Å². The fourth-order valence-corrected chi connectivity index (χ4v) is 1.86. The van der Waals surface area contributed by atoms with Crippen LogP contribution >= 0.6 is 0 Å². The van der Waals surface area contributed by atoms with Crippen molar-refractivity contribution < 1.29 is 4.79 Å². The molecule has 2 heterocycles. The molecule has 0 atom stereocenters. The predicted molar refractivity (Wildman–Crippen MR) is 86.7 cm³/mol. The molecule has 0 aromatic carbocycles. The monoisotopic (exact) mass is 299 g/mol. The molecular weight excluding hydrogens is 278 g/mol. The summed E-state index contributed by atoms with van der Waals surface area (Å²) in [5.74, 6) is -0.194. The number of carbonyl (C=O) groups is 1. The lowest BCUT2D eigenvalue weighted by Crippen LogP contribution is -2.24. The highest BCUT2D eigenvalue weighted by molar-refractivity contribution is 5.93. The standard InChI is InChI=1S/C16H21N5O/c1-21(2)9-8-18-14-5-7-19-15(10-14)16(22)20-12-13-4-3-6-17-11-13/h3-7,10-11H,8-9,12H2,1-2H3,(H,18,19)(H,20,22). The number of likely N-dealkylation sites (N-methyl/N-ethyl adjacent to an activating group) is 1. The van der Waals surface area contributed by atoms with Crippen LogP contribution in [0.15, 0.2) is 42.9 Å². The summed E-state index contributed by atoms with van der Waals surface area (Å²) < 4.78 is 0. The zero-order valence-electron chi connectivity index (χ0n) is 12.9. The normalized spacial score (nSPS) is 10.5. The van der Waals surface area contributed by atoms with Gasteiger partial charge in [-0.15, -0.1) is 0 Å². The third kappa shape index (κ3) is 5.14. The fraction of sp³-hybridized carbons (Fsp3) is 0.312. The van der Waals surface area contributed by atoms with Crippen LogP contribution in [0.5, 0.6) is 0 Å². The van der Waals surface area contributed by atoms with Crippen LogP contribution in [-0.4, -0.2) is 48.0 Å². The van der Waals surface area contributed by atoms with Crippen molar-refractivity contribution in [1.29, 1.82) is 0 Å². The molecule has 116 valence electrons. The topological polar surface area (TPSA) is 70.2 Å². The van der Waals surface area contributed by atoms with Gasteiger partial charge in [0, 0.05) is 43.9 Å². The number of pyridine rings is 2. The number of amides is 1. The van der Waals surface area contributed by atoms with Gasteiger partial charge in [0.2, 0.25) is 0 Å². The number of nitrogens with zero attached hydrogens (tertiary/aromatic N) is 3. The lowest BCUT2D eigenvalue weighted by molar-refractivity contribution is 0.0946. The molecule has 0 aliphatic heterocycles. The average Bonchev–Trinajstić information content (AvgIpc) is 2.53. The SMILES string of the molecule is CN(C)CCNc1ccnc(C(=O)NCc2cccnc2)c1. The van der Waals surface area contributed by atoms with Crippen molar-refractivity contribution in [3.63, 3.8) is 0 Å². The number of hydrogen-bond donors (Lipinski definition) is 2. The van der Waals surface area contributed by atoms with Crippen LogP contribution in [0.25, 0.3) is 0 Å². The summed E-state index contributed by atoms with van der Waals surface area (Å²) in [6.07, 6.45) is 5.07. The van der Waals surface area contributed by atoms with E-state index >= 15 is 0 Å². The molecule has 0 saturated heterocycles. The van der Waals surface area contributed by atoms with Gasteiger partial charge in [-0.2, -0.15) is 0 Å². The molecule has 0 spiro atoms. The Morgan fingerprint density at radius 2 is 2.14 bits per heavy atom. The molecule has 1 amide bonds. The van der Waals surface area contributed by atoms with Gasteiger partial charge in [0.1, 0.15) is 5.69 Å². The third-order valence-corrected chi connectivity index (χ3v) is 3.06. The molecule has 6 nitrogen and oxygen atoms in total. The Bertz CT molecular complexity index is 600. The van der Waals surface area contributed by atoms with Crippen molar-refractivity contribution in [2.75, 3.05) is 32.5 Å². The second kappa shape index (κ2) is 8.09. The Balaban J connectivity index is 1.89. The maximum atomic E-state index is 12.1. The molecule has 2 aromatic heterocycles. The lowest BCUT2D eigenvalue weighted by Gasteiger charge is -2.12. The highest BCUT2D eigenvalue weighted by Crippen LogP contribution is 2.08. The maximum Gasteiger partial charge on any atom is 0.270 e. The van der Waals surface area contributed by atoms with Gasteiger partial charge in [-0.25, -0.2) is 0 Å². The molecule has 2 N–H and O–H groups in total. The molecule has 0 aliphatic carbocycles. The zero-order chi connectivity index (χ0) is 15.8. The molecule has 0 fully saturated rings. The van der Waals surface area contributed by atoms with E-state index in [0.29, 0.717) is 12.2 Å². The number of rotatable bonds is 7. The van der Waals surface area contributed by atoms with Gasteiger partial charge in [-0.05, 0) is 37.9 Å². The molecule has 2 aromatic rings. The molecule has 0 saturated carbocycles. The number of hydrogen-bond acceptors (Lipinski definition) is 5. The van der Waals surface area contributed by atoms with Gasteiger partial charge < -0.3 is 15.5 Å². The Labute approximate surface area is 130 Å². The van der Waals surface area contributed by atoms with E-state index in [9.17, 15) is 4.79 Å². The molecular formula is C16H21N5O. The smallest absolute Gasteiger partial charge is 0.270 e. The van der Waals surface area contributed by atoms with Crippen LogP contribution in [0, 0.1) is 0 Å². The van der Waals surface area contributed by atoms with E-state index in [2.05, 4.69) is 25.5 Å². The number of nitrogens with one attached hydrogen (secondary N) is 2. The zero-order valence-corrected chi connectivity index (χ0v) is 12.9. The first kappa shape index (κ1) is 15.9. The molecule has 0 radical (unpaired) electrons. The highest BCUT2D eigenvalue weighted by atomic mass is 16.1. The Morgan fingerprint density at radius 1 is 1.27 bits per heavy atom. The van der Waals surface area contributed by atoms with Crippen LogP contribution in [0.2, 0.25) is 0 Å². The lowest BCUT2D eigenvalue weighted by atomic mass is 10.2. The molecule has 2 rings (SSSR count). The van der Waals surface area contributed by atoms with E-state index in [1.54, 1.807) is 24.7 Å². The van der Waals surface area contributed by atoms with Crippen LogP contribution in [-0.2, 0) is 6.54 Å². The summed E-state index contributed by atoms with van der Waals surface area (Å²) in [5, 5.41) is 6.11. The van der Waals surface area contributed by atoms with Crippen LogP contribution in [0.1, 0.15) is 16.1 Å². The van der Waals surface area contributed by atoms with E-state index in [4.69, 9.17) is 0 Å². The quantitative estimate of drug-likeness (QED) is 0.808. The van der Waals surface area contributed by atoms with Gasteiger partial charge in [-0.1, -0.05) is 6.07 Å². The van der Waals surface area contributed by atoms with E-state index in [1.165, 1.54) is 0 Å². The molecule has 0 aliphatic rings. The van der Waals surface area contributed by atoms with Crippen LogP contribution in [0.3, 0.4) is 0 Å².